The molecule has 3 aromatic rings. The van der Waals surface area contributed by atoms with Gasteiger partial charge in [0.25, 0.3) is 11.5 Å². The van der Waals surface area contributed by atoms with Crippen molar-refractivity contribution >= 4 is 46.1 Å². The van der Waals surface area contributed by atoms with Gasteiger partial charge in [-0.15, -0.1) is 0 Å². The summed E-state index contributed by atoms with van der Waals surface area (Å²) in [5.41, 5.74) is 2.57. The van der Waals surface area contributed by atoms with Crippen molar-refractivity contribution in [2.24, 2.45) is 4.99 Å². The van der Waals surface area contributed by atoms with Gasteiger partial charge in [0.1, 0.15) is 10.6 Å². The predicted molar refractivity (Wildman–Crippen MR) is 126 cm³/mol. The molecule has 0 unspecified atom stereocenters. The highest BCUT2D eigenvalue weighted by atomic mass is 35.5. The number of para-hydroxylation sites is 1. The number of thiazole rings is 1. The predicted octanol–water partition coefficient (Wildman–Crippen LogP) is 2.41. The summed E-state index contributed by atoms with van der Waals surface area (Å²) in [4.78, 5) is 46.2. The first-order chi connectivity index (χ1) is 15.8. The third-order valence-corrected chi connectivity index (χ3v) is 7.28. The van der Waals surface area contributed by atoms with Crippen molar-refractivity contribution < 1.29 is 14.3 Å². The number of halogens is 1. The summed E-state index contributed by atoms with van der Waals surface area (Å²) in [7, 11) is 2.96. The number of fused-ring (bicyclic) bond motifs is 2. The summed E-state index contributed by atoms with van der Waals surface area (Å²) in [5, 5.41) is 0.402. The number of allylic oxidation sites excluding steroid dienone is 1. The Balaban J connectivity index is 1.88. The number of carbonyl (C=O) groups is 2. The number of anilines is 1. The van der Waals surface area contributed by atoms with Crippen molar-refractivity contribution in [1.29, 1.82) is 0 Å². The molecule has 5 rings (SSSR count). The summed E-state index contributed by atoms with van der Waals surface area (Å²) >= 11 is 7.63. The number of nitrogens with zero attached hydrogens (tertiary/aromatic N) is 3. The third-order valence-electron chi connectivity index (χ3n) is 5.88. The summed E-state index contributed by atoms with van der Waals surface area (Å²) in [5.74, 6) is -0.860. The number of esters is 1. The van der Waals surface area contributed by atoms with Crippen LogP contribution in [0.3, 0.4) is 0 Å². The lowest BCUT2D eigenvalue weighted by Crippen LogP contribution is -2.40. The van der Waals surface area contributed by atoms with E-state index in [0.717, 1.165) is 17.0 Å². The molecule has 2 aromatic carbocycles. The molecule has 9 heteroatoms. The van der Waals surface area contributed by atoms with E-state index in [9.17, 15) is 14.4 Å². The number of amides is 1. The molecule has 33 heavy (non-hydrogen) atoms. The first-order valence-electron chi connectivity index (χ1n) is 10.1. The second-order valence-corrected chi connectivity index (χ2v) is 9.06. The van der Waals surface area contributed by atoms with Crippen LogP contribution in [0.5, 0.6) is 0 Å². The largest absolute Gasteiger partial charge is 0.466 e. The molecule has 0 spiro atoms. The molecule has 0 bridgehead atoms. The lowest BCUT2D eigenvalue weighted by Gasteiger charge is -2.25. The quantitative estimate of drug-likeness (QED) is 0.529. The number of hydrogen-bond acceptors (Lipinski definition) is 6. The van der Waals surface area contributed by atoms with Crippen LogP contribution in [0.15, 0.2) is 69.6 Å². The maximum Gasteiger partial charge on any atom is 0.338 e. The van der Waals surface area contributed by atoms with Crippen LogP contribution >= 0.6 is 22.9 Å². The second-order valence-electron chi connectivity index (χ2n) is 7.67. The van der Waals surface area contributed by atoms with Crippen LogP contribution in [0.25, 0.3) is 5.57 Å². The zero-order valence-electron chi connectivity index (χ0n) is 18.0. The Bertz CT molecular complexity index is 1570. The van der Waals surface area contributed by atoms with Gasteiger partial charge in [-0.2, -0.15) is 0 Å². The number of likely N-dealkylation sites (N-methyl/N-ethyl adjacent to an activating group) is 1. The van der Waals surface area contributed by atoms with Crippen molar-refractivity contribution in [1.82, 2.24) is 4.57 Å². The lowest BCUT2D eigenvalue weighted by atomic mass is 9.96. The molecule has 0 aliphatic carbocycles. The summed E-state index contributed by atoms with van der Waals surface area (Å²) in [6.45, 7) is 1.69. The Morgan fingerprint density at radius 1 is 1.12 bits per heavy atom. The SMILES string of the molecule is COC(=O)C1=C(C)N=c2s/c(=C3\C(=O)N(C)c4ccccc43)c(=O)n2[C@H]1c1ccccc1Cl. The minimum Gasteiger partial charge on any atom is -0.466 e. The van der Waals surface area contributed by atoms with Gasteiger partial charge in [0.2, 0.25) is 0 Å². The fraction of sp³-hybridized carbons (Fsp3) is 0.167. The number of carbonyl (C=O) groups excluding carboxylic acids is 2. The van der Waals surface area contributed by atoms with Crippen molar-refractivity contribution in [3.05, 3.63) is 95.6 Å². The zero-order chi connectivity index (χ0) is 23.4. The van der Waals surface area contributed by atoms with E-state index in [2.05, 4.69) is 4.99 Å². The number of benzene rings is 2. The van der Waals surface area contributed by atoms with Gasteiger partial charge in [0, 0.05) is 17.6 Å². The average Bonchev–Trinajstić information content (AvgIpc) is 3.26. The molecular formula is C24H18ClN3O4S. The highest BCUT2D eigenvalue weighted by molar-refractivity contribution is 7.07. The first kappa shape index (κ1) is 21.4. The summed E-state index contributed by atoms with van der Waals surface area (Å²) in [6.07, 6.45) is 0. The standard InChI is InChI=1S/C24H18ClN3O4S/c1-12-17(23(31)32-3)19(13-8-4-6-10-15(13)25)28-22(30)20(33-24(28)26-12)18-14-9-5-7-11-16(14)27(2)21(18)29/h4-11,19H,1-3H3/b20-18-/t19-/m0/s1. The maximum absolute atomic E-state index is 13.8. The molecule has 0 fully saturated rings. The smallest absolute Gasteiger partial charge is 0.338 e. The second kappa shape index (κ2) is 7.83. The van der Waals surface area contributed by atoms with Gasteiger partial charge >= 0.3 is 5.97 Å². The molecule has 1 aromatic heterocycles. The monoisotopic (exact) mass is 479 g/mol. The van der Waals surface area contributed by atoms with Crippen LogP contribution in [0.4, 0.5) is 5.69 Å². The van der Waals surface area contributed by atoms with Crippen molar-refractivity contribution in [2.45, 2.75) is 13.0 Å². The Kier molecular flexibility index (Phi) is 5.07. The van der Waals surface area contributed by atoms with Crippen LogP contribution in [0.1, 0.15) is 24.1 Å². The van der Waals surface area contributed by atoms with E-state index in [-0.39, 0.29) is 16.0 Å². The van der Waals surface area contributed by atoms with Crippen molar-refractivity contribution in [3.8, 4) is 0 Å². The van der Waals surface area contributed by atoms with E-state index < -0.39 is 17.6 Å². The number of ether oxygens (including phenoxy) is 1. The third kappa shape index (κ3) is 3.09. The van der Waals surface area contributed by atoms with Crippen LogP contribution in [-0.4, -0.2) is 30.6 Å². The number of aromatic nitrogens is 1. The minimum absolute atomic E-state index is 0.227. The highest BCUT2D eigenvalue weighted by Crippen LogP contribution is 2.36. The van der Waals surface area contributed by atoms with Crippen molar-refractivity contribution in [2.75, 3.05) is 19.1 Å². The van der Waals surface area contributed by atoms with E-state index in [0.29, 0.717) is 32.2 Å². The molecule has 0 N–H and O–H groups in total. The van der Waals surface area contributed by atoms with E-state index >= 15 is 0 Å². The van der Waals surface area contributed by atoms with Gasteiger partial charge in [-0.25, -0.2) is 9.79 Å². The van der Waals surface area contributed by atoms with Gasteiger partial charge in [0.15, 0.2) is 4.80 Å². The van der Waals surface area contributed by atoms with Crippen LogP contribution in [0.2, 0.25) is 5.02 Å². The van der Waals surface area contributed by atoms with Gasteiger partial charge in [-0.3, -0.25) is 14.2 Å². The maximum atomic E-state index is 13.8. The molecule has 3 heterocycles. The van der Waals surface area contributed by atoms with Gasteiger partial charge in [-0.1, -0.05) is 59.3 Å². The zero-order valence-corrected chi connectivity index (χ0v) is 19.5. The Hall–Kier alpha value is -3.49. The number of rotatable bonds is 2. The Morgan fingerprint density at radius 2 is 1.82 bits per heavy atom. The molecule has 1 amide bonds. The van der Waals surface area contributed by atoms with Gasteiger partial charge < -0.3 is 9.64 Å². The van der Waals surface area contributed by atoms with E-state index in [1.54, 1.807) is 38.2 Å². The minimum atomic E-state index is -0.832. The van der Waals surface area contributed by atoms with E-state index in [4.69, 9.17) is 16.3 Å². The molecule has 2 aliphatic rings. The topological polar surface area (TPSA) is 81.0 Å². The van der Waals surface area contributed by atoms with Crippen LogP contribution < -0.4 is 19.8 Å². The molecule has 166 valence electrons. The molecule has 7 nitrogen and oxygen atoms in total. The average molecular weight is 480 g/mol. The first-order valence-corrected chi connectivity index (χ1v) is 11.3. The van der Waals surface area contributed by atoms with Gasteiger partial charge in [-0.05, 0) is 24.6 Å². The lowest BCUT2D eigenvalue weighted by molar-refractivity contribution is -0.136. The van der Waals surface area contributed by atoms with E-state index in [1.165, 1.54) is 16.6 Å². The molecule has 0 radical (unpaired) electrons. The van der Waals surface area contributed by atoms with Crippen molar-refractivity contribution in [3.63, 3.8) is 0 Å². The Labute approximate surface area is 197 Å². The van der Waals surface area contributed by atoms with Gasteiger partial charge in [0.05, 0.1) is 29.6 Å². The molecule has 1 atom stereocenters. The molecule has 0 saturated heterocycles. The highest BCUT2D eigenvalue weighted by Gasteiger charge is 2.36. The molecule has 0 saturated carbocycles. The fourth-order valence-electron chi connectivity index (χ4n) is 4.32. The van der Waals surface area contributed by atoms with Crippen LogP contribution in [0, 0.1) is 0 Å². The molecule has 2 aliphatic heterocycles. The summed E-state index contributed by atoms with van der Waals surface area (Å²) < 4.78 is 6.72. The number of methoxy groups -OCH3 is 1. The fourth-order valence-corrected chi connectivity index (χ4v) is 5.70. The normalized spacial score (nSPS) is 18.7. The molecular weight excluding hydrogens is 462 g/mol. The Morgan fingerprint density at radius 3 is 2.55 bits per heavy atom. The van der Waals surface area contributed by atoms with E-state index in [1.807, 2.05) is 24.3 Å². The van der Waals surface area contributed by atoms with Crippen LogP contribution in [-0.2, 0) is 14.3 Å². The number of hydrogen-bond donors (Lipinski definition) is 0. The summed E-state index contributed by atoms with van der Waals surface area (Å²) in [6, 6.07) is 13.5.